The standard InChI is InChI=1S/C18H26S/c1-3-13-9-17(7-5-15(13)11-17)19-18-8-6-16(12-18)14(4-2)10-18/h3-4,15-16H,5-12H2,1-2H3. The Balaban J connectivity index is 1.57. The van der Waals surface area contributed by atoms with Gasteiger partial charge in [-0.3, -0.25) is 0 Å². The van der Waals surface area contributed by atoms with Gasteiger partial charge in [0.15, 0.2) is 0 Å². The highest BCUT2D eigenvalue weighted by molar-refractivity contribution is 8.02. The molecule has 4 bridgehead atoms. The number of allylic oxidation sites excluding steroid dienone is 4. The summed E-state index contributed by atoms with van der Waals surface area (Å²) in [4.78, 5) is 0. The lowest BCUT2D eigenvalue weighted by Crippen LogP contribution is -2.29. The monoisotopic (exact) mass is 274 g/mol. The summed E-state index contributed by atoms with van der Waals surface area (Å²) in [6.07, 6.45) is 16.6. The molecule has 4 saturated carbocycles. The van der Waals surface area contributed by atoms with Gasteiger partial charge >= 0.3 is 0 Å². The van der Waals surface area contributed by atoms with Crippen LogP contribution >= 0.6 is 11.8 Å². The number of hydrogen-bond acceptors (Lipinski definition) is 1. The molecular formula is C18H26S. The van der Waals surface area contributed by atoms with E-state index in [-0.39, 0.29) is 0 Å². The van der Waals surface area contributed by atoms with Crippen LogP contribution in [0.4, 0.5) is 0 Å². The van der Waals surface area contributed by atoms with Gasteiger partial charge in [-0.2, -0.15) is 0 Å². The fourth-order valence-corrected chi connectivity index (χ4v) is 7.97. The number of rotatable bonds is 2. The van der Waals surface area contributed by atoms with E-state index in [1.807, 2.05) is 0 Å². The maximum absolute atomic E-state index is 2.45. The summed E-state index contributed by atoms with van der Waals surface area (Å²) in [7, 11) is 0. The van der Waals surface area contributed by atoms with Crippen molar-refractivity contribution in [3.8, 4) is 0 Å². The third-order valence-electron chi connectivity index (χ3n) is 6.41. The van der Waals surface area contributed by atoms with Gasteiger partial charge in [0.25, 0.3) is 0 Å². The van der Waals surface area contributed by atoms with Crippen LogP contribution in [0.1, 0.15) is 65.2 Å². The van der Waals surface area contributed by atoms with Crippen molar-refractivity contribution in [1.29, 1.82) is 0 Å². The molecule has 4 fully saturated rings. The molecule has 0 nitrogen and oxygen atoms in total. The van der Waals surface area contributed by atoms with Crippen LogP contribution in [-0.4, -0.2) is 9.49 Å². The number of thioether (sulfide) groups is 1. The molecule has 4 aliphatic rings. The maximum Gasteiger partial charge on any atom is 0.0208 e. The summed E-state index contributed by atoms with van der Waals surface area (Å²) in [5.74, 6) is 1.90. The average Bonchev–Trinajstić information content (AvgIpc) is 3.14. The minimum Gasteiger partial charge on any atom is -0.148 e. The van der Waals surface area contributed by atoms with Crippen molar-refractivity contribution in [2.24, 2.45) is 11.8 Å². The van der Waals surface area contributed by atoms with Crippen LogP contribution in [0.25, 0.3) is 0 Å². The van der Waals surface area contributed by atoms with Gasteiger partial charge in [0.05, 0.1) is 0 Å². The van der Waals surface area contributed by atoms with Gasteiger partial charge in [-0.05, 0) is 77.0 Å². The van der Waals surface area contributed by atoms with Crippen molar-refractivity contribution >= 4 is 11.8 Å². The summed E-state index contributed by atoms with van der Waals surface area (Å²) < 4.78 is 1.29. The third-order valence-corrected chi connectivity index (χ3v) is 8.31. The topological polar surface area (TPSA) is 0 Å². The molecule has 4 aliphatic carbocycles. The lowest BCUT2D eigenvalue weighted by atomic mass is 9.94. The molecule has 4 unspecified atom stereocenters. The smallest absolute Gasteiger partial charge is 0.0208 e. The molecule has 4 rings (SSSR count). The van der Waals surface area contributed by atoms with E-state index in [9.17, 15) is 0 Å². The van der Waals surface area contributed by atoms with E-state index in [4.69, 9.17) is 0 Å². The summed E-state index contributed by atoms with van der Waals surface area (Å²) in [6, 6.07) is 0. The van der Waals surface area contributed by atoms with Crippen molar-refractivity contribution in [2.45, 2.75) is 74.7 Å². The highest BCUT2D eigenvalue weighted by Crippen LogP contribution is 2.67. The first-order valence-corrected chi connectivity index (χ1v) is 9.00. The van der Waals surface area contributed by atoms with Gasteiger partial charge < -0.3 is 0 Å². The Bertz CT molecular complexity index is 418. The van der Waals surface area contributed by atoms with Gasteiger partial charge in [0.1, 0.15) is 0 Å². The van der Waals surface area contributed by atoms with Crippen LogP contribution in [0.3, 0.4) is 0 Å². The van der Waals surface area contributed by atoms with Crippen LogP contribution in [0.5, 0.6) is 0 Å². The summed E-state index contributed by atoms with van der Waals surface area (Å²) in [5.41, 5.74) is 3.57. The molecule has 4 atom stereocenters. The van der Waals surface area contributed by atoms with Gasteiger partial charge in [0.2, 0.25) is 0 Å². The lowest BCUT2D eigenvalue weighted by molar-refractivity contribution is 0.565. The Morgan fingerprint density at radius 3 is 1.74 bits per heavy atom. The number of fused-ring (bicyclic) bond motifs is 4. The van der Waals surface area contributed by atoms with Gasteiger partial charge in [-0.1, -0.05) is 23.3 Å². The molecule has 0 aliphatic heterocycles. The fourth-order valence-electron chi connectivity index (χ4n) is 5.56. The Labute approximate surface area is 122 Å². The van der Waals surface area contributed by atoms with Crippen LogP contribution in [-0.2, 0) is 0 Å². The third kappa shape index (κ3) is 1.80. The second-order valence-corrected chi connectivity index (χ2v) is 9.36. The first kappa shape index (κ1) is 12.6. The predicted octanol–water partition coefficient (Wildman–Crippen LogP) is 5.50. The Kier molecular flexibility index (Phi) is 2.75. The minimum absolute atomic E-state index is 0.643. The first-order chi connectivity index (χ1) is 9.18. The van der Waals surface area contributed by atoms with Gasteiger partial charge in [0, 0.05) is 9.49 Å². The molecule has 0 aromatic heterocycles. The van der Waals surface area contributed by atoms with Gasteiger partial charge in [-0.15, -0.1) is 11.8 Å². The molecule has 0 N–H and O–H groups in total. The molecule has 1 heteroatoms. The van der Waals surface area contributed by atoms with Crippen LogP contribution in [0.2, 0.25) is 0 Å². The van der Waals surface area contributed by atoms with E-state index in [1.165, 1.54) is 51.4 Å². The molecule has 0 aromatic rings. The second kappa shape index (κ2) is 4.16. The fraction of sp³-hybridized carbons (Fsp3) is 0.778. The largest absolute Gasteiger partial charge is 0.148 e. The van der Waals surface area contributed by atoms with E-state index < -0.39 is 0 Å². The van der Waals surface area contributed by atoms with Crippen molar-refractivity contribution in [3.05, 3.63) is 23.3 Å². The summed E-state index contributed by atoms with van der Waals surface area (Å²) in [6.45, 7) is 4.51. The molecule has 0 amide bonds. The number of hydrogen-bond donors (Lipinski definition) is 0. The zero-order valence-corrected chi connectivity index (χ0v) is 13.2. The van der Waals surface area contributed by atoms with Crippen molar-refractivity contribution in [1.82, 2.24) is 0 Å². The summed E-state index contributed by atoms with van der Waals surface area (Å²) >= 11 is 2.45. The van der Waals surface area contributed by atoms with Crippen LogP contribution in [0.15, 0.2) is 23.3 Å². The van der Waals surface area contributed by atoms with E-state index in [0.717, 1.165) is 11.8 Å². The second-order valence-electron chi connectivity index (χ2n) is 7.43. The highest BCUT2D eigenvalue weighted by atomic mass is 32.2. The van der Waals surface area contributed by atoms with Gasteiger partial charge in [-0.25, -0.2) is 0 Å². The highest BCUT2D eigenvalue weighted by Gasteiger charge is 2.56. The van der Waals surface area contributed by atoms with E-state index >= 15 is 0 Å². The van der Waals surface area contributed by atoms with Crippen LogP contribution < -0.4 is 0 Å². The molecule has 0 saturated heterocycles. The quantitative estimate of drug-likeness (QED) is 0.599. The molecule has 0 heterocycles. The normalized spacial score (nSPS) is 51.9. The van der Waals surface area contributed by atoms with Crippen LogP contribution in [0, 0.1) is 11.8 Å². The maximum atomic E-state index is 2.45. The zero-order chi connectivity index (χ0) is 13.1. The average molecular weight is 274 g/mol. The molecule has 0 spiro atoms. The van der Waals surface area contributed by atoms with Crippen molar-refractivity contribution in [3.63, 3.8) is 0 Å². The molecule has 0 radical (unpaired) electrons. The van der Waals surface area contributed by atoms with E-state index in [2.05, 4.69) is 37.8 Å². The SMILES string of the molecule is CC=C1CC2(SC34CCC(C3)C(=CC)C4)CCC1C2. The molecular weight excluding hydrogens is 248 g/mol. The molecule has 19 heavy (non-hydrogen) atoms. The van der Waals surface area contributed by atoms with Crippen molar-refractivity contribution < 1.29 is 0 Å². The molecule has 104 valence electrons. The Morgan fingerprint density at radius 2 is 1.37 bits per heavy atom. The van der Waals surface area contributed by atoms with Crippen molar-refractivity contribution in [2.75, 3.05) is 0 Å². The Hall–Kier alpha value is -0.170. The first-order valence-electron chi connectivity index (χ1n) is 8.18. The van der Waals surface area contributed by atoms with E-state index in [0.29, 0.717) is 9.49 Å². The Morgan fingerprint density at radius 1 is 0.895 bits per heavy atom. The summed E-state index contributed by atoms with van der Waals surface area (Å²) in [5, 5.41) is 0. The minimum atomic E-state index is 0.643. The zero-order valence-electron chi connectivity index (χ0n) is 12.4. The van der Waals surface area contributed by atoms with E-state index in [1.54, 1.807) is 11.1 Å². The lowest BCUT2D eigenvalue weighted by Gasteiger charge is -2.37. The molecule has 0 aromatic carbocycles. The predicted molar refractivity (Wildman–Crippen MR) is 84.5 cm³/mol.